The average Bonchev–Trinajstić information content (AvgIpc) is 2.46. The van der Waals surface area contributed by atoms with Crippen LogP contribution in [0.4, 0.5) is 0 Å². The Morgan fingerprint density at radius 2 is 2.21 bits per heavy atom. The van der Waals surface area contributed by atoms with Gasteiger partial charge in [0.2, 0.25) is 0 Å². The summed E-state index contributed by atoms with van der Waals surface area (Å²) in [5.74, 6) is 0.0595. The molecule has 4 nitrogen and oxygen atoms in total. The number of morpholine rings is 1. The Labute approximate surface area is 122 Å². The third-order valence-corrected chi connectivity index (χ3v) is 3.78. The van der Waals surface area contributed by atoms with Gasteiger partial charge in [-0.2, -0.15) is 0 Å². The highest BCUT2D eigenvalue weighted by Crippen LogP contribution is 2.12. The van der Waals surface area contributed by atoms with Gasteiger partial charge in [0.25, 0.3) is 5.91 Å². The number of ether oxygens (including phenoxy) is 1. The van der Waals surface area contributed by atoms with E-state index < -0.39 is 0 Å². The standard InChI is InChI=1S/C14H19BrN2O2/c1-17(8-6-13-10-19-9-7-16-13)14(18)11-2-4-12(15)5-3-11/h2-5,13,16H,6-10H2,1H3. The maximum absolute atomic E-state index is 12.2. The van der Waals surface area contributed by atoms with Crippen molar-refractivity contribution in [1.82, 2.24) is 10.2 Å². The zero-order valence-corrected chi connectivity index (χ0v) is 12.6. The van der Waals surface area contributed by atoms with Gasteiger partial charge in [-0.1, -0.05) is 15.9 Å². The number of amides is 1. The van der Waals surface area contributed by atoms with Gasteiger partial charge in [-0.3, -0.25) is 4.79 Å². The molecule has 2 rings (SSSR count). The molecular formula is C14H19BrN2O2. The van der Waals surface area contributed by atoms with Crippen LogP contribution in [0.2, 0.25) is 0 Å². The van der Waals surface area contributed by atoms with Crippen molar-refractivity contribution in [2.45, 2.75) is 12.5 Å². The zero-order valence-electron chi connectivity index (χ0n) is 11.1. The molecule has 1 heterocycles. The van der Waals surface area contributed by atoms with Crippen molar-refractivity contribution in [2.75, 3.05) is 33.4 Å². The molecule has 1 aliphatic rings. The number of hydrogen-bond donors (Lipinski definition) is 1. The molecule has 1 aromatic rings. The van der Waals surface area contributed by atoms with Crippen LogP contribution in [-0.2, 0) is 4.74 Å². The van der Waals surface area contributed by atoms with Gasteiger partial charge >= 0.3 is 0 Å². The average molecular weight is 327 g/mol. The quantitative estimate of drug-likeness (QED) is 0.918. The first kappa shape index (κ1) is 14.5. The molecule has 0 aliphatic carbocycles. The van der Waals surface area contributed by atoms with Gasteiger partial charge < -0.3 is 15.0 Å². The van der Waals surface area contributed by atoms with E-state index in [1.165, 1.54) is 0 Å². The van der Waals surface area contributed by atoms with Crippen LogP contribution in [0.5, 0.6) is 0 Å². The first-order valence-corrected chi connectivity index (χ1v) is 7.28. The minimum absolute atomic E-state index is 0.0595. The molecule has 1 saturated heterocycles. The van der Waals surface area contributed by atoms with E-state index in [1.54, 1.807) is 4.90 Å². The van der Waals surface area contributed by atoms with Gasteiger partial charge in [-0.25, -0.2) is 0 Å². The Morgan fingerprint density at radius 1 is 1.47 bits per heavy atom. The van der Waals surface area contributed by atoms with Crippen LogP contribution in [-0.4, -0.2) is 50.2 Å². The van der Waals surface area contributed by atoms with Crippen molar-refractivity contribution in [3.63, 3.8) is 0 Å². The molecule has 1 aromatic carbocycles. The topological polar surface area (TPSA) is 41.6 Å². The van der Waals surface area contributed by atoms with E-state index in [4.69, 9.17) is 4.74 Å². The summed E-state index contributed by atoms with van der Waals surface area (Å²) in [5.41, 5.74) is 0.721. The van der Waals surface area contributed by atoms with Gasteiger partial charge in [0, 0.05) is 36.2 Å². The summed E-state index contributed by atoms with van der Waals surface area (Å²) in [5, 5.41) is 3.39. The molecule has 0 aromatic heterocycles. The van der Waals surface area contributed by atoms with Crippen molar-refractivity contribution in [3.05, 3.63) is 34.3 Å². The second-order valence-corrected chi connectivity index (χ2v) is 5.66. The van der Waals surface area contributed by atoms with E-state index >= 15 is 0 Å². The highest BCUT2D eigenvalue weighted by Gasteiger charge is 2.16. The Morgan fingerprint density at radius 3 is 2.84 bits per heavy atom. The second-order valence-electron chi connectivity index (χ2n) is 4.75. The van der Waals surface area contributed by atoms with E-state index in [0.717, 1.165) is 42.8 Å². The molecule has 0 bridgehead atoms. The highest BCUT2D eigenvalue weighted by molar-refractivity contribution is 9.10. The van der Waals surface area contributed by atoms with Crippen molar-refractivity contribution < 1.29 is 9.53 Å². The number of benzene rings is 1. The smallest absolute Gasteiger partial charge is 0.253 e. The fourth-order valence-electron chi connectivity index (χ4n) is 2.07. The second kappa shape index (κ2) is 7.03. The van der Waals surface area contributed by atoms with Crippen LogP contribution >= 0.6 is 15.9 Å². The fourth-order valence-corrected chi connectivity index (χ4v) is 2.33. The molecule has 5 heteroatoms. The number of rotatable bonds is 4. The first-order chi connectivity index (χ1) is 9.16. The Kier molecular flexibility index (Phi) is 5.36. The van der Waals surface area contributed by atoms with Crippen molar-refractivity contribution >= 4 is 21.8 Å². The lowest BCUT2D eigenvalue weighted by atomic mass is 10.1. The molecule has 1 aliphatic heterocycles. The monoisotopic (exact) mass is 326 g/mol. The van der Waals surface area contributed by atoms with Crippen LogP contribution in [0.3, 0.4) is 0 Å². The zero-order chi connectivity index (χ0) is 13.7. The van der Waals surface area contributed by atoms with Gasteiger partial charge in [-0.05, 0) is 30.7 Å². The Balaban J connectivity index is 1.83. The Hall–Kier alpha value is -0.910. The predicted molar refractivity (Wildman–Crippen MR) is 78.3 cm³/mol. The lowest BCUT2D eigenvalue weighted by Crippen LogP contribution is -2.43. The van der Waals surface area contributed by atoms with Crippen LogP contribution in [0.25, 0.3) is 0 Å². The first-order valence-electron chi connectivity index (χ1n) is 6.49. The summed E-state index contributed by atoms with van der Waals surface area (Å²) >= 11 is 3.37. The van der Waals surface area contributed by atoms with E-state index in [0.29, 0.717) is 6.04 Å². The summed E-state index contributed by atoms with van der Waals surface area (Å²) in [6.07, 6.45) is 0.915. The molecular weight excluding hydrogens is 308 g/mol. The molecule has 104 valence electrons. The van der Waals surface area contributed by atoms with E-state index in [9.17, 15) is 4.79 Å². The molecule has 19 heavy (non-hydrogen) atoms. The maximum Gasteiger partial charge on any atom is 0.253 e. The summed E-state index contributed by atoms with van der Waals surface area (Å²) in [6, 6.07) is 7.80. The minimum Gasteiger partial charge on any atom is -0.379 e. The van der Waals surface area contributed by atoms with Gasteiger partial charge in [0.15, 0.2) is 0 Å². The largest absolute Gasteiger partial charge is 0.379 e. The number of nitrogens with zero attached hydrogens (tertiary/aromatic N) is 1. The fraction of sp³-hybridized carbons (Fsp3) is 0.500. The maximum atomic E-state index is 12.2. The SMILES string of the molecule is CN(CCC1COCCN1)C(=O)c1ccc(Br)cc1. The Bertz CT molecular complexity index is 416. The minimum atomic E-state index is 0.0595. The highest BCUT2D eigenvalue weighted by atomic mass is 79.9. The molecule has 1 fully saturated rings. The predicted octanol–water partition coefficient (Wildman–Crippen LogP) is 1.90. The van der Waals surface area contributed by atoms with Crippen LogP contribution in [0, 0.1) is 0 Å². The van der Waals surface area contributed by atoms with E-state index in [2.05, 4.69) is 21.2 Å². The van der Waals surface area contributed by atoms with Gasteiger partial charge in [-0.15, -0.1) is 0 Å². The lowest BCUT2D eigenvalue weighted by Gasteiger charge is -2.26. The third kappa shape index (κ3) is 4.30. The summed E-state index contributed by atoms with van der Waals surface area (Å²) < 4.78 is 6.38. The number of carbonyl (C=O) groups excluding carboxylic acids is 1. The lowest BCUT2D eigenvalue weighted by molar-refractivity contribution is 0.0654. The van der Waals surface area contributed by atoms with Crippen LogP contribution < -0.4 is 5.32 Å². The number of carbonyl (C=O) groups is 1. The molecule has 1 unspecified atom stereocenters. The summed E-state index contributed by atoms with van der Waals surface area (Å²) in [4.78, 5) is 14.0. The third-order valence-electron chi connectivity index (χ3n) is 3.25. The van der Waals surface area contributed by atoms with Crippen molar-refractivity contribution in [1.29, 1.82) is 0 Å². The molecule has 1 atom stereocenters. The van der Waals surface area contributed by atoms with Gasteiger partial charge in [0.1, 0.15) is 0 Å². The number of nitrogens with one attached hydrogen (secondary N) is 1. The van der Waals surface area contributed by atoms with Crippen molar-refractivity contribution in [3.8, 4) is 0 Å². The summed E-state index contributed by atoms with van der Waals surface area (Å²) in [7, 11) is 1.84. The summed E-state index contributed by atoms with van der Waals surface area (Å²) in [6.45, 7) is 3.15. The molecule has 0 radical (unpaired) electrons. The van der Waals surface area contributed by atoms with E-state index in [-0.39, 0.29) is 5.91 Å². The van der Waals surface area contributed by atoms with Crippen molar-refractivity contribution in [2.24, 2.45) is 0 Å². The molecule has 1 amide bonds. The molecule has 0 saturated carbocycles. The van der Waals surface area contributed by atoms with E-state index in [1.807, 2.05) is 31.3 Å². The molecule has 0 spiro atoms. The number of hydrogen-bond acceptors (Lipinski definition) is 3. The normalized spacial score (nSPS) is 19.2. The molecule has 1 N–H and O–H groups in total. The van der Waals surface area contributed by atoms with Gasteiger partial charge in [0.05, 0.1) is 13.2 Å². The van der Waals surface area contributed by atoms with Crippen LogP contribution in [0.15, 0.2) is 28.7 Å². The van der Waals surface area contributed by atoms with Crippen LogP contribution in [0.1, 0.15) is 16.8 Å². The number of halogens is 1.